The molecule has 0 spiro atoms. The quantitative estimate of drug-likeness (QED) is 0.876. The monoisotopic (exact) mass is 246 g/mol. The molecular formula is C14H22N4. The van der Waals surface area contributed by atoms with Gasteiger partial charge in [0.2, 0.25) is 0 Å². The summed E-state index contributed by atoms with van der Waals surface area (Å²) < 4.78 is 0. The Bertz CT molecular complexity index is 353. The number of piperidine rings is 1. The van der Waals surface area contributed by atoms with Crippen LogP contribution >= 0.6 is 0 Å². The van der Waals surface area contributed by atoms with Crippen LogP contribution in [0.25, 0.3) is 0 Å². The molecule has 4 heteroatoms. The molecule has 1 atom stereocenters. The molecule has 18 heavy (non-hydrogen) atoms. The van der Waals surface area contributed by atoms with Crippen LogP contribution in [0.3, 0.4) is 0 Å². The van der Waals surface area contributed by atoms with Crippen molar-refractivity contribution in [3.8, 4) is 0 Å². The van der Waals surface area contributed by atoms with E-state index in [2.05, 4.69) is 20.2 Å². The highest BCUT2D eigenvalue weighted by atomic mass is 15.1. The first-order valence-electron chi connectivity index (χ1n) is 7.12. The van der Waals surface area contributed by atoms with Crippen LogP contribution in [0.15, 0.2) is 18.6 Å². The summed E-state index contributed by atoms with van der Waals surface area (Å²) in [7, 11) is 0. The van der Waals surface area contributed by atoms with Crippen LogP contribution in [0, 0.1) is 5.92 Å². The van der Waals surface area contributed by atoms with Crippen molar-refractivity contribution in [1.82, 2.24) is 20.2 Å². The van der Waals surface area contributed by atoms with Gasteiger partial charge in [-0.2, -0.15) is 0 Å². The molecule has 1 aromatic rings. The first-order chi connectivity index (χ1) is 8.92. The van der Waals surface area contributed by atoms with Crippen LogP contribution in [0.2, 0.25) is 0 Å². The molecule has 2 saturated heterocycles. The molecule has 2 fully saturated rings. The van der Waals surface area contributed by atoms with E-state index < -0.39 is 0 Å². The van der Waals surface area contributed by atoms with Gasteiger partial charge in [-0.05, 0) is 57.3 Å². The predicted octanol–water partition coefficient (Wildman–Crippen LogP) is 1.44. The predicted molar refractivity (Wildman–Crippen MR) is 71.1 cm³/mol. The topological polar surface area (TPSA) is 41.0 Å². The van der Waals surface area contributed by atoms with Gasteiger partial charge in [-0.15, -0.1) is 0 Å². The van der Waals surface area contributed by atoms with Crippen molar-refractivity contribution >= 4 is 0 Å². The molecule has 98 valence electrons. The summed E-state index contributed by atoms with van der Waals surface area (Å²) >= 11 is 0. The summed E-state index contributed by atoms with van der Waals surface area (Å²) in [5.41, 5.74) is 1.14. The van der Waals surface area contributed by atoms with E-state index in [0.717, 1.165) is 24.2 Å². The lowest BCUT2D eigenvalue weighted by atomic mass is 9.88. The Hall–Kier alpha value is -1.00. The van der Waals surface area contributed by atoms with E-state index in [-0.39, 0.29) is 0 Å². The summed E-state index contributed by atoms with van der Waals surface area (Å²) in [4.78, 5) is 10.8. The zero-order valence-corrected chi connectivity index (χ0v) is 10.9. The fourth-order valence-corrected chi connectivity index (χ4v) is 3.27. The Morgan fingerprint density at radius 3 is 2.83 bits per heavy atom. The van der Waals surface area contributed by atoms with Crippen molar-refractivity contribution in [1.29, 1.82) is 0 Å². The standard InChI is InChI=1S/C14H22N4/c1-2-14(16-6-1)12-4-8-18(9-5-12)10-13-3-7-15-11-17-13/h3,7,11-12,14,16H,1-2,4-6,8-10H2. The Morgan fingerprint density at radius 2 is 2.17 bits per heavy atom. The van der Waals surface area contributed by atoms with Crippen molar-refractivity contribution in [3.05, 3.63) is 24.3 Å². The van der Waals surface area contributed by atoms with Gasteiger partial charge in [0.05, 0.1) is 5.69 Å². The van der Waals surface area contributed by atoms with Crippen molar-refractivity contribution in [2.45, 2.75) is 38.3 Å². The maximum absolute atomic E-state index is 4.30. The number of rotatable bonds is 3. The van der Waals surface area contributed by atoms with Crippen LogP contribution in [-0.2, 0) is 6.54 Å². The minimum Gasteiger partial charge on any atom is -0.314 e. The number of nitrogens with zero attached hydrogens (tertiary/aromatic N) is 3. The summed E-state index contributed by atoms with van der Waals surface area (Å²) in [6.07, 6.45) is 8.90. The molecule has 3 heterocycles. The second-order valence-corrected chi connectivity index (χ2v) is 5.52. The van der Waals surface area contributed by atoms with E-state index in [1.807, 2.05) is 12.3 Å². The third-order valence-electron chi connectivity index (χ3n) is 4.33. The van der Waals surface area contributed by atoms with E-state index in [1.54, 1.807) is 6.33 Å². The number of hydrogen-bond acceptors (Lipinski definition) is 4. The molecule has 0 aromatic carbocycles. The van der Waals surface area contributed by atoms with Crippen LogP contribution in [0.4, 0.5) is 0 Å². The molecule has 0 saturated carbocycles. The average Bonchev–Trinajstić information content (AvgIpc) is 2.95. The molecule has 0 radical (unpaired) electrons. The van der Waals surface area contributed by atoms with Crippen LogP contribution in [0.1, 0.15) is 31.4 Å². The van der Waals surface area contributed by atoms with Crippen molar-refractivity contribution < 1.29 is 0 Å². The molecule has 4 nitrogen and oxygen atoms in total. The highest BCUT2D eigenvalue weighted by Gasteiger charge is 2.28. The van der Waals surface area contributed by atoms with Crippen molar-refractivity contribution in [2.75, 3.05) is 19.6 Å². The summed E-state index contributed by atoms with van der Waals surface area (Å²) in [6, 6.07) is 2.82. The van der Waals surface area contributed by atoms with Crippen molar-refractivity contribution in [2.24, 2.45) is 5.92 Å². The molecule has 2 aliphatic rings. The number of hydrogen-bond donors (Lipinski definition) is 1. The molecule has 0 bridgehead atoms. The fourth-order valence-electron chi connectivity index (χ4n) is 3.27. The maximum atomic E-state index is 4.30. The summed E-state index contributed by atoms with van der Waals surface area (Å²) in [6.45, 7) is 4.64. The number of nitrogens with one attached hydrogen (secondary N) is 1. The maximum Gasteiger partial charge on any atom is 0.115 e. The van der Waals surface area contributed by atoms with E-state index in [0.29, 0.717) is 0 Å². The van der Waals surface area contributed by atoms with E-state index in [9.17, 15) is 0 Å². The van der Waals surface area contributed by atoms with Gasteiger partial charge in [-0.25, -0.2) is 9.97 Å². The van der Waals surface area contributed by atoms with Crippen LogP contribution in [0.5, 0.6) is 0 Å². The lowest BCUT2D eigenvalue weighted by molar-refractivity contribution is 0.156. The molecular weight excluding hydrogens is 224 g/mol. The highest BCUT2D eigenvalue weighted by Crippen LogP contribution is 2.26. The second kappa shape index (κ2) is 5.76. The van der Waals surface area contributed by atoms with Crippen LogP contribution in [-0.4, -0.2) is 40.5 Å². The van der Waals surface area contributed by atoms with E-state index >= 15 is 0 Å². The lowest BCUT2D eigenvalue weighted by Crippen LogP contribution is -2.40. The molecule has 1 N–H and O–H groups in total. The van der Waals surface area contributed by atoms with Gasteiger partial charge >= 0.3 is 0 Å². The van der Waals surface area contributed by atoms with E-state index in [1.165, 1.54) is 45.3 Å². The Labute approximate surface area is 109 Å². The molecule has 2 aliphatic heterocycles. The SMILES string of the molecule is c1cc(CN2CCC(C3CCCN3)CC2)ncn1. The van der Waals surface area contributed by atoms with Crippen molar-refractivity contribution in [3.63, 3.8) is 0 Å². The molecule has 1 aromatic heterocycles. The van der Waals surface area contributed by atoms with Gasteiger partial charge in [-0.3, -0.25) is 4.90 Å². The first-order valence-corrected chi connectivity index (χ1v) is 7.12. The molecule has 3 rings (SSSR count). The highest BCUT2D eigenvalue weighted by molar-refractivity contribution is 4.98. The molecule has 0 amide bonds. The van der Waals surface area contributed by atoms with E-state index in [4.69, 9.17) is 0 Å². The second-order valence-electron chi connectivity index (χ2n) is 5.52. The molecule has 1 unspecified atom stereocenters. The van der Waals surface area contributed by atoms with Gasteiger partial charge in [0.1, 0.15) is 6.33 Å². The fraction of sp³-hybridized carbons (Fsp3) is 0.714. The zero-order chi connectivity index (χ0) is 12.2. The smallest absolute Gasteiger partial charge is 0.115 e. The van der Waals surface area contributed by atoms with Gasteiger partial charge in [0.25, 0.3) is 0 Å². The average molecular weight is 246 g/mol. The van der Waals surface area contributed by atoms with Gasteiger partial charge < -0.3 is 5.32 Å². The lowest BCUT2D eigenvalue weighted by Gasteiger charge is -2.34. The Morgan fingerprint density at radius 1 is 1.28 bits per heavy atom. The third kappa shape index (κ3) is 2.87. The Balaban J connectivity index is 1.48. The normalized spacial score (nSPS) is 26.6. The van der Waals surface area contributed by atoms with Gasteiger partial charge in [0, 0.05) is 18.8 Å². The third-order valence-corrected chi connectivity index (χ3v) is 4.33. The number of likely N-dealkylation sites (tertiary alicyclic amines) is 1. The van der Waals surface area contributed by atoms with Gasteiger partial charge in [-0.1, -0.05) is 0 Å². The van der Waals surface area contributed by atoms with Gasteiger partial charge in [0.15, 0.2) is 0 Å². The minimum atomic E-state index is 0.797. The largest absolute Gasteiger partial charge is 0.314 e. The molecule has 0 aliphatic carbocycles. The minimum absolute atomic E-state index is 0.797. The summed E-state index contributed by atoms with van der Waals surface area (Å²) in [5, 5.41) is 3.65. The zero-order valence-electron chi connectivity index (χ0n) is 10.9. The van der Waals surface area contributed by atoms with Crippen LogP contribution < -0.4 is 5.32 Å². The number of aromatic nitrogens is 2. The summed E-state index contributed by atoms with van der Waals surface area (Å²) in [5.74, 6) is 0.897. The first kappa shape index (κ1) is 12.1. The Kier molecular flexibility index (Phi) is 3.86.